The SMILES string of the molecule is CCN1CCC(N(C)C(=O)c2ccc(S(N)(=O)=O)nc2)CC1. The van der Waals surface area contributed by atoms with Crippen LogP contribution in [0.1, 0.15) is 30.1 Å². The van der Waals surface area contributed by atoms with Crippen LogP contribution in [0, 0.1) is 0 Å². The first kappa shape index (κ1) is 16.9. The summed E-state index contributed by atoms with van der Waals surface area (Å²) in [6.45, 7) is 5.14. The average Bonchev–Trinajstić information content (AvgIpc) is 2.53. The maximum absolute atomic E-state index is 12.4. The number of rotatable bonds is 4. The molecule has 1 saturated heterocycles. The van der Waals surface area contributed by atoms with E-state index in [1.54, 1.807) is 11.9 Å². The lowest BCUT2D eigenvalue weighted by atomic mass is 10.0. The summed E-state index contributed by atoms with van der Waals surface area (Å²) in [6.07, 6.45) is 3.15. The molecule has 1 aromatic heterocycles. The second-order valence-corrected chi connectivity index (χ2v) is 7.02. The van der Waals surface area contributed by atoms with Crippen LogP contribution < -0.4 is 5.14 Å². The van der Waals surface area contributed by atoms with Gasteiger partial charge in [0.05, 0.1) is 5.56 Å². The Bertz CT molecular complexity index is 622. The first-order chi connectivity index (χ1) is 10.3. The van der Waals surface area contributed by atoms with E-state index in [1.165, 1.54) is 18.3 Å². The van der Waals surface area contributed by atoms with Crippen LogP contribution in [0.3, 0.4) is 0 Å². The number of sulfonamides is 1. The van der Waals surface area contributed by atoms with E-state index < -0.39 is 10.0 Å². The van der Waals surface area contributed by atoms with Gasteiger partial charge in [0.1, 0.15) is 0 Å². The number of primary sulfonamides is 1. The van der Waals surface area contributed by atoms with Gasteiger partial charge in [0.15, 0.2) is 5.03 Å². The van der Waals surface area contributed by atoms with Gasteiger partial charge in [-0.15, -0.1) is 0 Å². The van der Waals surface area contributed by atoms with Crippen LogP contribution in [0.25, 0.3) is 0 Å². The normalized spacial score (nSPS) is 17.4. The number of piperidine rings is 1. The van der Waals surface area contributed by atoms with E-state index in [0.29, 0.717) is 5.56 Å². The molecule has 1 amide bonds. The number of aromatic nitrogens is 1. The predicted molar refractivity (Wildman–Crippen MR) is 82.8 cm³/mol. The van der Waals surface area contributed by atoms with E-state index in [-0.39, 0.29) is 17.0 Å². The highest BCUT2D eigenvalue weighted by molar-refractivity contribution is 7.89. The number of amides is 1. The lowest BCUT2D eigenvalue weighted by Gasteiger charge is -2.36. The summed E-state index contributed by atoms with van der Waals surface area (Å²) in [5, 5.41) is 4.76. The molecule has 0 spiro atoms. The third-order valence-electron chi connectivity index (χ3n) is 4.15. The van der Waals surface area contributed by atoms with Crippen molar-refractivity contribution < 1.29 is 13.2 Å². The van der Waals surface area contributed by atoms with Gasteiger partial charge in [0.25, 0.3) is 15.9 Å². The van der Waals surface area contributed by atoms with Crippen molar-refractivity contribution in [3.05, 3.63) is 23.9 Å². The monoisotopic (exact) mass is 326 g/mol. The molecule has 1 aliphatic heterocycles. The number of likely N-dealkylation sites (tertiary alicyclic amines) is 1. The van der Waals surface area contributed by atoms with Crippen molar-refractivity contribution in [2.24, 2.45) is 5.14 Å². The minimum Gasteiger partial charge on any atom is -0.339 e. The van der Waals surface area contributed by atoms with E-state index in [0.717, 1.165) is 32.5 Å². The molecule has 0 radical (unpaired) electrons. The highest BCUT2D eigenvalue weighted by Crippen LogP contribution is 2.17. The van der Waals surface area contributed by atoms with Gasteiger partial charge in [-0.3, -0.25) is 4.79 Å². The average molecular weight is 326 g/mol. The molecular weight excluding hydrogens is 304 g/mol. The first-order valence-corrected chi connectivity index (χ1v) is 8.86. The van der Waals surface area contributed by atoms with Gasteiger partial charge in [-0.1, -0.05) is 6.92 Å². The minimum atomic E-state index is -3.84. The largest absolute Gasteiger partial charge is 0.339 e. The molecule has 0 aliphatic carbocycles. The standard InChI is InChI=1S/C14H22N4O3S/c1-3-18-8-6-12(7-9-18)17(2)14(19)11-4-5-13(16-10-11)22(15,20)21/h4-5,10,12H,3,6-9H2,1-2H3,(H2,15,20,21). The van der Waals surface area contributed by atoms with E-state index in [1.807, 2.05) is 0 Å². The Morgan fingerprint density at radius 3 is 2.50 bits per heavy atom. The maximum atomic E-state index is 12.4. The third kappa shape index (κ3) is 3.82. The molecule has 8 heteroatoms. The fourth-order valence-electron chi connectivity index (χ4n) is 2.67. The molecule has 2 N–H and O–H groups in total. The fourth-order valence-corrected chi connectivity index (χ4v) is 3.12. The van der Waals surface area contributed by atoms with Gasteiger partial charge < -0.3 is 9.80 Å². The van der Waals surface area contributed by atoms with Crippen molar-refractivity contribution in [3.8, 4) is 0 Å². The smallest absolute Gasteiger partial charge is 0.255 e. The van der Waals surface area contributed by atoms with Crippen molar-refractivity contribution in [2.45, 2.75) is 30.8 Å². The number of nitrogens with two attached hydrogens (primary N) is 1. The number of nitrogens with zero attached hydrogens (tertiary/aromatic N) is 3. The zero-order valence-corrected chi connectivity index (χ0v) is 13.7. The number of hydrogen-bond donors (Lipinski definition) is 1. The molecule has 22 heavy (non-hydrogen) atoms. The molecular formula is C14H22N4O3S. The van der Waals surface area contributed by atoms with Crippen molar-refractivity contribution in [2.75, 3.05) is 26.7 Å². The van der Waals surface area contributed by atoms with Gasteiger partial charge in [-0.05, 0) is 31.5 Å². The quantitative estimate of drug-likeness (QED) is 0.857. The molecule has 0 atom stereocenters. The molecule has 0 aromatic carbocycles. The minimum absolute atomic E-state index is 0.150. The topological polar surface area (TPSA) is 96.6 Å². The predicted octanol–water partition coefficient (Wildman–Crippen LogP) is 0.285. The van der Waals surface area contributed by atoms with Crippen LogP contribution in [0.2, 0.25) is 0 Å². The van der Waals surface area contributed by atoms with Gasteiger partial charge in [0.2, 0.25) is 0 Å². The summed E-state index contributed by atoms with van der Waals surface area (Å²) in [6, 6.07) is 2.91. The molecule has 7 nitrogen and oxygen atoms in total. The lowest BCUT2D eigenvalue weighted by Crippen LogP contribution is -2.45. The Labute approximate surface area is 131 Å². The molecule has 1 aromatic rings. The van der Waals surface area contributed by atoms with E-state index >= 15 is 0 Å². The lowest BCUT2D eigenvalue weighted by molar-refractivity contribution is 0.0646. The second kappa shape index (κ2) is 6.72. The molecule has 2 rings (SSSR count). The Morgan fingerprint density at radius 2 is 2.05 bits per heavy atom. The van der Waals surface area contributed by atoms with Gasteiger partial charge in [0, 0.05) is 32.4 Å². The molecule has 0 bridgehead atoms. The molecule has 1 fully saturated rings. The first-order valence-electron chi connectivity index (χ1n) is 7.31. The third-order valence-corrected chi connectivity index (χ3v) is 4.97. The second-order valence-electron chi connectivity index (χ2n) is 5.51. The summed E-state index contributed by atoms with van der Waals surface area (Å²) in [7, 11) is -2.06. The van der Waals surface area contributed by atoms with Gasteiger partial charge in [-0.2, -0.15) is 0 Å². The zero-order chi connectivity index (χ0) is 16.3. The number of pyridine rings is 1. The Hall–Kier alpha value is -1.51. The molecule has 2 heterocycles. The molecule has 0 unspecified atom stereocenters. The van der Waals surface area contributed by atoms with E-state index in [9.17, 15) is 13.2 Å². The van der Waals surface area contributed by atoms with E-state index in [4.69, 9.17) is 5.14 Å². The summed E-state index contributed by atoms with van der Waals surface area (Å²) in [5.41, 5.74) is 0.368. The number of carbonyl (C=O) groups excluding carboxylic acids is 1. The molecule has 0 saturated carbocycles. The fraction of sp³-hybridized carbons (Fsp3) is 0.571. The highest BCUT2D eigenvalue weighted by atomic mass is 32.2. The van der Waals surface area contributed by atoms with E-state index in [2.05, 4.69) is 16.8 Å². The summed E-state index contributed by atoms with van der Waals surface area (Å²) >= 11 is 0. The van der Waals surface area contributed by atoms with Crippen LogP contribution in [0.4, 0.5) is 0 Å². The molecule has 1 aliphatic rings. The van der Waals surface area contributed by atoms with Crippen molar-refractivity contribution >= 4 is 15.9 Å². The van der Waals surface area contributed by atoms with Crippen LogP contribution in [0.15, 0.2) is 23.4 Å². The zero-order valence-electron chi connectivity index (χ0n) is 12.9. The number of carbonyl (C=O) groups is 1. The van der Waals surface area contributed by atoms with Crippen molar-refractivity contribution in [1.82, 2.24) is 14.8 Å². The van der Waals surface area contributed by atoms with Crippen LogP contribution in [-0.4, -0.2) is 61.8 Å². The van der Waals surface area contributed by atoms with Gasteiger partial charge >= 0.3 is 0 Å². The summed E-state index contributed by atoms with van der Waals surface area (Å²) in [5.74, 6) is -0.150. The van der Waals surface area contributed by atoms with Crippen LogP contribution in [-0.2, 0) is 10.0 Å². The molecule has 122 valence electrons. The Morgan fingerprint density at radius 1 is 1.41 bits per heavy atom. The maximum Gasteiger partial charge on any atom is 0.255 e. The summed E-state index contributed by atoms with van der Waals surface area (Å²) < 4.78 is 22.3. The number of hydrogen-bond acceptors (Lipinski definition) is 5. The van der Waals surface area contributed by atoms with Crippen molar-refractivity contribution in [3.63, 3.8) is 0 Å². The van der Waals surface area contributed by atoms with Crippen molar-refractivity contribution in [1.29, 1.82) is 0 Å². The Balaban J connectivity index is 2.05. The van der Waals surface area contributed by atoms with Crippen LogP contribution >= 0.6 is 0 Å². The van der Waals surface area contributed by atoms with Crippen LogP contribution in [0.5, 0.6) is 0 Å². The van der Waals surface area contributed by atoms with Gasteiger partial charge in [-0.25, -0.2) is 18.5 Å². The summed E-state index contributed by atoms with van der Waals surface area (Å²) in [4.78, 5) is 20.3. The highest BCUT2D eigenvalue weighted by Gasteiger charge is 2.25. The Kier molecular flexibility index (Phi) is 5.15.